The predicted molar refractivity (Wildman–Crippen MR) is 66.6 cm³/mol. The molecule has 0 amide bonds. The number of hydrogen-bond donors (Lipinski definition) is 2. The zero-order valence-electron chi connectivity index (χ0n) is 10.5. The molecule has 1 aliphatic rings. The highest BCUT2D eigenvalue weighted by Gasteiger charge is 2.14. The molecule has 1 atom stereocenters. The molecule has 0 radical (unpaired) electrons. The molecule has 1 fully saturated rings. The molecule has 1 heterocycles. The van der Waals surface area contributed by atoms with Gasteiger partial charge in [0.1, 0.15) is 0 Å². The molecule has 1 aromatic heterocycles. The summed E-state index contributed by atoms with van der Waals surface area (Å²) in [6.45, 7) is 2.73. The first-order chi connectivity index (χ1) is 8.25. The Kier molecular flexibility index (Phi) is 4.36. The fourth-order valence-electron chi connectivity index (χ4n) is 2.38. The minimum Gasteiger partial charge on any atom is -0.406 e. The quantitative estimate of drug-likeness (QED) is 0.744. The third-order valence-electron chi connectivity index (χ3n) is 3.37. The minimum absolute atomic E-state index is 0.198. The Balaban J connectivity index is 1.63. The van der Waals surface area contributed by atoms with Crippen LogP contribution < -0.4 is 11.1 Å². The summed E-state index contributed by atoms with van der Waals surface area (Å²) >= 11 is 0. The van der Waals surface area contributed by atoms with Crippen LogP contribution in [0.15, 0.2) is 4.42 Å². The van der Waals surface area contributed by atoms with Crippen LogP contribution in [-0.4, -0.2) is 16.7 Å². The zero-order valence-corrected chi connectivity index (χ0v) is 10.5. The highest BCUT2D eigenvalue weighted by molar-refractivity contribution is 5.16. The standard InChI is InChI=1S/C12H22N4O/c1-9(13)11-15-16-12(17-11)14-8-4-7-10-5-2-3-6-10/h9-10H,2-8,13H2,1H3,(H,14,16). The van der Waals surface area contributed by atoms with E-state index in [4.69, 9.17) is 10.2 Å². The van der Waals surface area contributed by atoms with Gasteiger partial charge in [-0.05, 0) is 25.7 Å². The molecular weight excluding hydrogens is 216 g/mol. The Bertz CT molecular complexity index is 331. The van der Waals surface area contributed by atoms with E-state index in [1.807, 2.05) is 6.92 Å². The molecule has 3 N–H and O–H groups in total. The summed E-state index contributed by atoms with van der Waals surface area (Å²) in [4.78, 5) is 0. The van der Waals surface area contributed by atoms with E-state index in [2.05, 4.69) is 15.5 Å². The average molecular weight is 238 g/mol. The summed E-state index contributed by atoms with van der Waals surface area (Å²) in [6, 6.07) is 0.292. The van der Waals surface area contributed by atoms with Crippen molar-refractivity contribution in [1.29, 1.82) is 0 Å². The van der Waals surface area contributed by atoms with Crippen molar-refractivity contribution < 1.29 is 4.42 Å². The summed E-state index contributed by atoms with van der Waals surface area (Å²) in [6.07, 6.45) is 8.13. The van der Waals surface area contributed by atoms with E-state index in [0.29, 0.717) is 11.9 Å². The molecular formula is C12H22N4O. The van der Waals surface area contributed by atoms with Gasteiger partial charge < -0.3 is 15.5 Å². The van der Waals surface area contributed by atoms with Crippen LogP contribution in [-0.2, 0) is 0 Å². The number of rotatable bonds is 6. The van der Waals surface area contributed by atoms with Crippen molar-refractivity contribution in [3.05, 3.63) is 5.89 Å². The van der Waals surface area contributed by atoms with Gasteiger partial charge in [-0.3, -0.25) is 0 Å². The highest BCUT2D eigenvalue weighted by atomic mass is 16.4. The van der Waals surface area contributed by atoms with Crippen LogP contribution in [0.5, 0.6) is 0 Å². The van der Waals surface area contributed by atoms with E-state index in [0.717, 1.165) is 12.5 Å². The molecule has 1 aromatic rings. The third kappa shape index (κ3) is 3.70. The number of nitrogens with one attached hydrogen (secondary N) is 1. The number of hydrogen-bond acceptors (Lipinski definition) is 5. The molecule has 0 saturated heterocycles. The molecule has 1 unspecified atom stereocenters. The first-order valence-corrected chi connectivity index (χ1v) is 6.58. The molecule has 1 aliphatic carbocycles. The molecule has 0 spiro atoms. The SMILES string of the molecule is CC(N)c1nnc(NCCCC2CCCC2)o1. The zero-order chi connectivity index (χ0) is 12.1. The monoisotopic (exact) mass is 238 g/mol. The van der Waals surface area contributed by atoms with E-state index >= 15 is 0 Å². The lowest BCUT2D eigenvalue weighted by Gasteiger charge is -2.07. The summed E-state index contributed by atoms with van der Waals surface area (Å²) in [5, 5.41) is 10.9. The molecule has 5 nitrogen and oxygen atoms in total. The van der Waals surface area contributed by atoms with Crippen LogP contribution in [0, 0.1) is 5.92 Å². The highest BCUT2D eigenvalue weighted by Crippen LogP contribution is 2.28. The van der Waals surface area contributed by atoms with Crippen molar-refractivity contribution >= 4 is 6.01 Å². The summed E-state index contributed by atoms with van der Waals surface area (Å²) < 4.78 is 5.36. The van der Waals surface area contributed by atoms with Crippen LogP contribution >= 0.6 is 0 Å². The van der Waals surface area contributed by atoms with Crippen molar-refractivity contribution in [1.82, 2.24) is 10.2 Å². The second-order valence-electron chi connectivity index (χ2n) is 4.95. The fourth-order valence-corrected chi connectivity index (χ4v) is 2.38. The number of aromatic nitrogens is 2. The number of nitrogens with zero attached hydrogens (tertiary/aromatic N) is 2. The third-order valence-corrected chi connectivity index (χ3v) is 3.37. The van der Waals surface area contributed by atoms with Crippen LogP contribution in [0.25, 0.3) is 0 Å². The molecule has 0 aromatic carbocycles. The van der Waals surface area contributed by atoms with Gasteiger partial charge in [0.25, 0.3) is 0 Å². The maximum absolute atomic E-state index is 5.64. The Hall–Kier alpha value is -1.10. The van der Waals surface area contributed by atoms with Gasteiger partial charge in [0, 0.05) is 6.54 Å². The minimum atomic E-state index is -0.198. The van der Waals surface area contributed by atoms with Crippen LogP contribution in [0.4, 0.5) is 6.01 Å². The first kappa shape index (κ1) is 12.4. The Morgan fingerprint density at radius 3 is 2.82 bits per heavy atom. The smallest absolute Gasteiger partial charge is 0.315 e. The van der Waals surface area contributed by atoms with Crippen molar-refractivity contribution in [2.75, 3.05) is 11.9 Å². The van der Waals surface area contributed by atoms with Crippen LogP contribution in [0.2, 0.25) is 0 Å². The van der Waals surface area contributed by atoms with Crippen molar-refractivity contribution in [3.8, 4) is 0 Å². The summed E-state index contributed by atoms with van der Waals surface area (Å²) in [5.74, 6) is 1.43. The van der Waals surface area contributed by atoms with Crippen molar-refractivity contribution in [3.63, 3.8) is 0 Å². The average Bonchev–Trinajstić information content (AvgIpc) is 2.96. The van der Waals surface area contributed by atoms with Gasteiger partial charge in [0.15, 0.2) is 0 Å². The maximum Gasteiger partial charge on any atom is 0.315 e. The number of nitrogens with two attached hydrogens (primary N) is 1. The Morgan fingerprint density at radius 1 is 1.41 bits per heavy atom. The lowest BCUT2D eigenvalue weighted by atomic mass is 10.0. The predicted octanol–water partition coefficient (Wildman–Crippen LogP) is 2.47. The van der Waals surface area contributed by atoms with E-state index in [9.17, 15) is 0 Å². The largest absolute Gasteiger partial charge is 0.406 e. The first-order valence-electron chi connectivity index (χ1n) is 6.58. The molecule has 2 rings (SSSR count). The molecule has 96 valence electrons. The maximum atomic E-state index is 5.64. The van der Waals surface area contributed by atoms with Gasteiger partial charge >= 0.3 is 6.01 Å². The van der Waals surface area contributed by atoms with Gasteiger partial charge in [0.2, 0.25) is 5.89 Å². The van der Waals surface area contributed by atoms with Crippen molar-refractivity contribution in [2.45, 2.75) is 51.5 Å². The van der Waals surface area contributed by atoms with E-state index < -0.39 is 0 Å². The van der Waals surface area contributed by atoms with Crippen molar-refractivity contribution in [2.24, 2.45) is 11.7 Å². The van der Waals surface area contributed by atoms with Crippen LogP contribution in [0.1, 0.15) is 57.4 Å². The fraction of sp³-hybridized carbons (Fsp3) is 0.833. The van der Waals surface area contributed by atoms with Crippen LogP contribution in [0.3, 0.4) is 0 Å². The summed E-state index contributed by atoms with van der Waals surface area (Å²) in [5.41, 5.74) is 5.64. The van der Waals surface area contributed by atoms with Gasteiger partial charge in [-0.2, -0.15) is 0 Å². The molecule has 0 aliphatic heterocycles. The second kappa shape index (κ2) is 6.00. The van der Waals surface area contributed by atoms with Gasteiger partial charge in [0.05, 0.1) is 6.04 Å². The molecule has 0 bridgehead atoms. The lowest BCUT2D eigenvalue weighted by molar-refractivity contribution is 0.466. The second-order valence-corrected chi connectivity index (χ2v) is 4.95. The van der Waals surface area contributed by atoms with E-state index in [-0.39, 0.29) is 6.04 Å². The Labute approximate surface area is 102 Å². The Morgan fingerprint density at radius 2 is 2.18 bits per heavy atom. The normalized spacial score (nSPS) is 18.5. The van der Waals surface area contributed by atoms with E-state index in [1.165, 1.54) is 38.5 Å². The van der Waals surface area contributed by atoms with E-state index in [1.54, 1.807) is 0 Å². The molecule has 1 saturated carbocycles. The topological polar surface area (TPSA) is 77.0 Å². The molecule has 17 heavy (non-hydrogen) atoms. The number of anilines is 1. The lowest BCUT2D eigenvalue weighted by Crippen LogP contribution is -2.05. The summed E-state index contributed by atoms with van der Waals surface area (Å²) in [7, 11) is 0. The molecule has 5 heteroatoms. The van der Waals surface area contributed by atoms with Gasteiger partial charge in [-0.1, -0.05) is 30.8 Å². The van der Waals surface area contributed by atoms with Gasteiger partial charge in [-0.15, -0.1) is 5.10 Å². The van der Waals surface area contributed by atoms with Gasteiger partial charge in [-0.25, -0.2) is 0 Å².